The number of nitrogens with one attached hydrogen (secondary N) is 2. The highest BCUT2D eigenvalue weighted by Gasteiger charge is 2.17. The quantitative estimate of drug-likeness (QED) is 0.312. The lowest BCUT2D eigenvalue weighted by Crippen LogP contribution is -2.18. The second-order valence-electron chi connectivity index (χ2n) is 9.54. The summed E-state index contributed by atoms with van der Waals surface area (Å²) in [6.45, 7) is 3.20. The number of hydrogen-bond donors (Lipinski definition) is 2. The number of aromatic nitrogens is 6. The summed E-state index contributed by atoms with van der Waals surface area (Å²) in [6.07, 6.45) is 9.83. The number of pyridine rings is 3. The number of aromatic amines is 2. The molecule has 2 N–H and O–H groups in total. The molecule has 0 amide bonds. The van der Waals surface area contributed by atoms with Crippen molar-refractivity contribution in [3.8, 4) is 33.9 Å². The zero-order chi connectivity index (χ0) is 24.8. The van der Waals surface area contributed by atoms with E-state index in [1.54, 1.807) is 18.3 Å². The Bertz CT molecular complexity index is 1750. The number of rotatable bonds is 5. The van der Waals surface area contributed by atoms with E-state index in [-0.39, 0.29) is 5.82 Å². The van der Waals surface area contributed by atoms with Crippen LogP contribution in [-0.2, 0) is 6.54 Å². The van der Waals surface area contributed by atoms with Gasteiger partial charge in [0, 0.05) is 52.6 Å². The van der Waals surface area contributed by atoms with Crippen molar-refractivity contribution in [3.63, 3.8) is 0 Å². The summed E-state index contributed by atoms with van der Waals surface area (Å²) < 4.78 is 14.6. The Morgan fingerprint density at radius 3 is 2.62 bits per heavy atom. The lowest BCUT2D eigenvalue weighted by molar-refractivity contribution is 0.331. The molecule has 7 nitrogen and oxygen atoms in total. The Hall–Kier alpha value is -4.43. The van der Waals surface area contributed by atoms with Crippen LogP contribution in [0.5, 0.6) is 0 Å². The van der Waals surface area contributed by atoms with Gasteiger partial charge in [-0.2, -0.15) is 5.10 Å². The first kappa shape index (κ1) is 21.8. The van der Waals surface area contributed by atoms with Crippen molar-refractivity contribution in [2.24, 2.45) is 0 Å². The largest absolute Gasteiger partial charge is 0.353 e. The van der Waals surface area contributed by atoms with Gasteiger partial charge in [0.15, 0.2) is 0 Å². The summed E-state index contributed by atoms with van der Waals surface area (Å²) >= 11 is 0. The van der Waals surface area contributed by atoms with Crippen LogP contribution in [0.25, 0.3) is 55.7 Å². The first-order valence-electron chi connectivity index (χ1n) is 12.5. The maximum Gasteiger partial charge on any atom is 0.132 e. The minimum absolute atomic E-state index is 0.299. The fraction of sp³-hybridized carbons (Fsp3) is 0.172. The third-order valence-corrected chi connectivity index (χ3v) is 7.07. The highest BCUT2D eigenvalue weighted by atomic mass is 19.1. The second-order valence-corrected chi connectivity index (χ2v) is 9.54. The number of benzene rings is 1. The normalized spacial score (nSPS) is 14.2. The molecule has 0 unspecified atom stereocenters. The zero-order valence-electron chi connectivity index (χ0n) is 20.1. The molecule has 6 aromatic rings. The number of H-pyrrole nitrogens is 2. The lowest BCUT2D eigenvalue weighted by Gasteiger charge is -2.14. The third kappa shape index (κ3) is 3.95. The minimum atomic E-state index is -0.299. The lowest BCUT2D eigenvalue weighted by atomic mass is 10.1. The predicted molar refractivity (Wildman–Crippen MR) is 142 cm³/mol. The standard InChI is InChI=1S/C29H24FN7/c30-23-6-2-1-5-20(23)28-21-13-26(34-24(21)7-8-32-28)29-22-12-25(33-16-27(22)35-36-29)19-11-18(14-31-15-19)17-37-9-3-4-10-37/h1-2,5-8,11-16,34H,3-4,9-10,17H2,(H,35,36). The van der Waals surface area contributed by atoms with Gasteiger partial charge < -0.3 is 4.98 Å². The minimum Gasteiger partial charge on any atom is -0.353 e. The monoisotopic (exact) mass is 489 g/mol. The van der Waals surface area contributed by atoms with E-state index in [0.717, 1.165) is 64.1 Å². The number of hydrogen-bond acceptors (Lipinski definition) is 5. The van der Waals surface area contributed by atoms with Gasteiger partial charge in [0.25, 0.3) is 0 Å². The van der Waals surface area contributed by atoms with Gasteiger partial charge in [0.1, 0.15) is 11.5 Å². The fourth-order valence-corrected chi connectivity index (χ4v) is 5.24. The fourth-order valence-electron chi connectivity index (χ4n) is 5.24. The second kappa shape index (κ2) is 8.90. The highest BCUT2D eigenvalue weighted by molar-refractivity contribution is 6.00. The van der Waals surface area contributed by atoms with Crippen molar-refractivity contribution in [2.45, 2.75) is 19.4 Å². The van der Waals surface area contributed by atoms with Crippen molar-refractivity contribution in [3.05, 3.63) is 84.7 Å². The number of fused-ring (bicyclic) bond motifs is 2. The Morgan fingerprint density at radius 2 is 1.73 bits per heavy atom. The molecular weight excluding hydrogens is 465 g/mol. The molecular formula is C29H24FN7. The van der Waals surface area contributed by atoms with E-state index in [2.05, 4.69) is 41.1 Å². The molecule has 8 heteroatoms. The summed E-state index contributed by atoms with van der Waals surface area (Å²) in [6, 6.07) is 14.8. The molecule has 6 heterocycles. The maximum atomic E-state index is 14.6. The molecule has 0 saturated carbocycles. The van der Waals surface area contributed by atoms with Gasteiger partial charge in [-0.15, -0.1) is 0 Å². The molecule has 1 fully saturated rings. The van der Waals surface area contributed by atoms with E-state index in [0.29, 0.717) is 11.3 Å². The van der Waals surface area contributed by atoms with Gasteiger partial charge in [-0.05, 0) is 67.9 Å². The molecule has 0 atom stereocenters. The number of nitrogens with zero attached hydrogens (tertiary/aromatic N) is 5. The molecule has 1 saturated heterocycles. The third-order valence-electron chi connectivity index (χ3n) is 7.07. The van der Waals surface area contributed by atoms with Crippen LogP contribution < -0.4 is 0 Å². The molecule has 5 aromatic heterocycles. The van der Waals surface area contributed by atoms with E-state index in [1.807, 2.05) is 42.9 Å². The van der Waals surface area contributed by atoms with E-state index in [9.17, 15) is 4.39 Å². The van der Waals surface area contributed by atoms with Gasteiger partial charge in [-0.3, -0.25) is 25.0 Å². The van der Waals surface area contributed by atoms with Crippen LogP contribution in [0, 0.1) is 5.82 Å². The summed E-state index contributed by atoms with van der Waals surface area (Å²) in [5.74, 6) is -0.299. The SMILES string of the molecule is Fc1ccccc1-c1nccc2[nH]c(-c3n[nH]c4cnc(-c5cncc(CN6CCCC6)c5)cc34)cc12. The average Bonchev–Trinajstić information content (AvgIpc) is 3.68. The summed E-state index contributed by atoms with van der Waals surface area (Å²) in [5, 5.41) is 9.47. The van der Waals surface area contributed by atoms with E-state index in [1.165, 1.54) is 24.5 Å². The van der Waals surface area contributed by atoms with Gasteiger partial charge in [0.05, 0.1) is 28.8 Å². The van der Waals surface area contributed by atoms with Crippen molar-refractivity contribution in [2.75, 3.05) is 13.1 Å². The van der Waals surface area contributed by atoms with Crippen molar-refractivity contribution >= 4 is 21.8 Å². The van der Waals surface area contributed by atoms with Crippen LogP contribution in [-0.4, -0.2) is 48.1 Å². The Morgan fingerprint density at radius 1 is 0.865 bits per heavy atom. The Balaban J connectivity index is 1.29. The van der Waals surface area contributed by atoms with Crippen LogP contribution in [0.15, 0.2) is 73.3 Å². The average molecular weight is 490 g/mol. The van der Waals surface area contributed by atoms with Crippen LogP contribution in [0.1, 0.15) is 18.4 Å². The van der Waals surface area contributed by atoms with E-state index >= 15 is 0 Å². The summed E-state index contributed by atoms with van der Waals surface area (Å²) in [4.78, 5) is 19.6. The molecule has 1 aliphatic rings. The highest BCUT2D eigenvalue weighted by Crippen LogP contribution is 2.34. The van der Waals surface area contributed by atoms with Crippen LogP contribution in [0.4, 0.5) is 4.39 Å². The van der Waals surface area contributed by atoms with Gasteiger partial charge in [-0.25, -0.2) is 4.39 Å². The first-order chi connectivity index (χ1) is 18.2. The molecule has 0 radical (unpaired) electrons. The summed E-state index contributed by atoms with van der Waals surface area (Å²) in [5.41, 5.74) is 7.39. The zero-order valence-corrected chi connectivity index (χ0v) is 20.1. The topological polar surface area (TPSA) is 86.4 Å². The van der Waals surface area contributed by atoms with Crippen molar-refractivity contribution in [1.82, 2.24) is 35.0 Å². The maximum absolute atomic E-state index is 14.6. The molecule has 182 valence electrons. The molecule has 0 bridgehead atoms. The van der Waals surface area contributed by atoms with Crippen LogP contribution >= 0.6 is 0 Å². The number of halogens is 1. The van der Waals surface area contributed by atoms with Gasteiger partial charge in [0.2, 0.25) is 0 Å². The summed E-state index contributed by atoms with van der Waals surface area (Å²) in [7, 11) is 0. The van der Waals surface area contributed by atoms with Crippen molar-refractivity contribution < 1.29 is 4.39 Å². The molecule has 37 heavy (non-hydrogen) atoms. The Labute approximate surface area is 212 Å². The van der Waals surface area contributed by atoms with Crippen molar-refractivity contribution in [1.29, 1.82) is 0 Å². The molecule has 1 aliphatic heterocycles. The molecule has 0 aliphatic carbocycles. The van der Waals surface area contributed by atoms with Gasteiger partial charge in [-0.1, -0.05) is 12.1 Å². The van der Waals surface area contributed by atoms with Gasteiger partial charge >= 0.3 is 0 Å². The van der Waals surface area contributed by atoms with Crippen LogP contribution in [0.3, 0.4) is 0 Å². The molecule has 1 aromatic carbocycles. The smallest absolute Gasteiger partial charge is 0.132 e. The van der Waals surface area contributed by atoms with E-state index in [4.69, 9.17) is 0 Å². The van der Waals surface area contributed by atoms with Crippen LogP contribution in [0.2, 0.25) is 0 Å². The first-order valence-corrected chi connectivity index (χ1v) is 12.5. The van der Waals surface area contributed by atoms with E-state index < -0.39 is 0 Å². The Kier molecular flexibility index (Phi) is 5.25. The molecule has 0 spiro atoms. The molecule has 7 rings (SSSR count). The number of likely N-dealkylation sites (tertiary alicyclic amines) is 1. The predicted octanol–water partition coefficient (Wildman–Crippen LogP) is 5.97.